The summed E-state index contributed by atoms with van der Waals surface area (Å²) in [6, 6.07) is 22.0. The van der Waals surface area contributed by atoms with Gasteiger partial charge in [0.1, 0.15) is 0 Å². The lowest BCUT2D eigenvalue weighted by atomic mass is 10.1. The van der Waals surface area contributed by atoms with Gasteiger partial charge in [0.2, 0.25) is 10.0 Å². The summed E-state index contributed by atoms with van der Waals surface area (Å²) in [7, 11) is -2.44. The molecule has 0 heterocycles. The van der Waals surface area contributed by atoms with Crippen LogP contribution in [0.4, 0.5) is 11.4 Å². The van der Waals surface area contributed by atoms with Crippen molar-refractivity contribution < 1.29 is 22.7 Å². The van der Waals surface area contributed by atoms with Crippen molar-refractivity contribution >= 4 is 33.3 Å². The SMILES string of the molecule is COC(=O)c1ccccc1NC(=O)c1ccccc1N(Cc1ccccc1)S(C)(=O)=O. The maximum atomic E-state index is 13.1. The van der Waals surface area contributed by atoms with E-state index in [-0.39, 0.29) is 29.0 Å². The average molecular weight is 439 g/mol. The molecular formula is C23H22N2O5S. The Kier molecular flexibility index (Phi) is 6.71. The Bertz CT molecular complexity index is 1190. The van der Waals surface area contributed by atoms with Crippen LogP contribution in [0.1, 0.15) is 26.3 Å². The number of amides is 1. The van der Waals surface area contributed by atoms with E-state index in [9.17, 15) is 18.0 Å². The minimum Gasteiger partial charge on any atom is -0.465 e. The number of hydrogen-bond acceptors (Lipinski definition) is 5. The van der Waals surface area contributed by atoms with Gasteiger partial charge in [-0.25, -0.2) is 13.2 Å². The number of esters is 1. The van der Waals surface area contributed by atoms with E-state index >= 15 is 0 Å². The maximum Gasteiger partial charge on any atom is 0.339 e. The lowest BCUT2D eigenvalue weighted by Gasteiger charge is -2.25. The van der Waals surface area contributed by atoms with Gasteiger partial charge in [0.05, 0.1) is 42.4 Å². The molecule has 0 fully saturated rings. The standard InChI is InChI=1S/C23H22N2O5S/c1-30-23(27)18-12-6-8-14-20(18)24-22(26)19-13-7-9-15-21(19)25(31(2,28)29)16-17-10-4-3-5-11-17/h3-15H,16H2,1-2H3,(H,24,26). The summed E-state index contributed by atoms with van der Waals surface area (Å²) in [5, 5.41) is 2.69. The summed E-state index contributed by atoms with van der Waals surface area (Å²) in [5.74, 6) is -1.14. The molecule has 0 aliphatic rings. The second-order valence-corrected chi connectivity index (χ2v) is 8.67. The molecule has 1 amide bonds. The van der Waals surface area contributed by atoms with Gasteiger partial charge in [0.25, 0.3) is 5.91 Å². The van der Waals surface area contributed by atoms with Gasteiger partial charge in [0, 0.05) is 0 Å². The third-order valence-corrected chi connectivity index (χ3v) is 5.69. The molecule has 8 heteroatoms. The highest BCUT2D eigenvalue weighted by molar-refractivity contribution is 7.92. The van der Waals surface area contributed by atoms with Crippen LogP contribution < -0.4 is 9.62 Å². The zero-order valence-electron chi connectivity index (χ0n) is 17.1. The zero-order chi connectivity index (χ0) is 22.4. The van der Waals surface area contributed by atoms with Crippen molar-refractivity contribution in [2.24, 2.45) is 0 Å². The number of hydrogen-bond donors (Lipinski definition) is 1. The summed E-state index contributed by atoms with van der Waals surface area (Å²) < 4.78 is 31.1. The molecule has 0 bridgehead atoms. The summed E-state index contributed by atoms with van der Waals surface area (Å²) in [6.07, 6.45) is 1.09. The maximum absolute atomic E-state index is 13.1. The topological polar surface area (TPSA) is 92.8 Å². The molecule has 3 aromatic carbocycles. The number of benzene rings is 3. The highest BCUT2D eigenvalue weighted by Crippen LogP contribution is 2.27. The molecule has 160 valence electrons. The average Bonchev–Trinajstić information content (AvgIpc) is 2.77. The first-order chi connectivity index (χ1) is 14.8. The number of methoxy groups -OCH3 is 1. The van der Waals surface area contributed by atoms with E-state index in [0.717, 1.165) is 11.8 Å². The van der Waals surface area contributed by atoms with Gasteiger partial charge >= 0.3 is 5.97 Å². The molecule has 0 spiro atoms. The van der Waals surface area contributed by atoms with Crippen molar-refractivity contribution in [2.75, 3.05) is 23.0 Å². The Morgan fingerprint density at radius 1 is 0.871 bits per heavy atom. The molecule has 3 aromatic rings. The number of nitrogens with zero attached hydrogens (tertiary/aromatic N) is 1. The monoisotopic (exact) mass is 438 g/mol. The number of anilines is 2. The molecule has 0 saturated carbocycles. The second-order valence-electron chi connectivity index (χ2n) is 6.76. The van der Waals surface area contributed by atoms with Crippen molar-refractivity contribution in [1.82, 2.24) is 0 Å². The predicted octanol–water partition coefficient (Wildman–Crippen LogP) is 3.69. The van der Waals surface area contributed by atoms with Gasteiger partial charge in [0.15, 0.2) is 0 Å². The largest absolute Gasteiger partial charge is 0.465 e. The van der Waals surface area contributed by atoms with Crippen LogP contribution >= 0.6 is 0 Å². The fourth-order valence-corrected chi connectivity index (χ4v) is 3.98. The van der Waals surface area contributed by atoms with Crippen LogP contribution in [-0.4, -0.2) is 33.7 Å². The molecule has 0 aromatic heterocycles. The van der Waals surface area contributed by atoms with Crippen molar-refractivity contribution in [3.05, 3.63) is 95.6 Å². The lowest BCUT2D eigenvalue weighted by Crippen LogP contribution is -2.31. The fourth-order valence-electron chi connectivity index (χ4n) is 3.08. The van der Waals surface area contributed by atoms with Crippen molar-refractivity contribution in [1.29, 1.82) is 0 Å². The van der Waals surface area contributed by atoms with E-state index in [1.165, 1.54) is 23.5 Å². The minimum absolute atomic E-state index is 0.0721. The predicted molar refractivity (Wildman–Crippen MR) is 120 cm³/mol. The quantitative estimate of drug-likeness (QED) is 0.568. The lowest BCUT2D eigenvalue weighted by molar-refractivity contribution is 0.0602. The fraction of sp³-hybridized carbons (Fsp3) is 0.130. The van der Waals surface area contributed by atoms with Crippen LogP contribution in [0.3, 0.4) is 0 Å². The molecule has 1 N–H and O–H groups in total. The third-order valence-electron chi connectivity index (χ3n) is 4.57. The molecule has 0 unspecified atom stereocenters. The van der Waals surface area contributed by atoms with E-state index in [1.807, 2.05) is 30.3 Å². The third kappa shape index (κ3) is 5.29. The summed E-state index contributed by atoms with van der Waals surface area (Å²) in [5.41, 5.74) is 1.63. The van der Waals surface area contributed by atoms with E-state index < -0.39 is 21.9 Å². The zero-order valence-corrected chi connectivity index (χ0v) is 17.9. The Balaban J connectivity index is 1.99. The van der Waals surface area contributed by atoms with Crippen LogP contribution in [0, 0.1) is 0 Å². The normalized spacial score (nSPS) is 10.9. The molecular weight excluding hydrogens is 416 g/mol. The number of rotatable bonds is 7. The number of nitrogens with one attached hydrogen (secondary N) is 1. The van der Waals surface area contributed by atoms with Crippen LogP contribution in [-0.2, 0) is 21.3 Å². The van der Waals surface area contributed by atoms with Gasteiger partial charge < -0.3 is 10.1 Å². The van der Waals surface area contributed by atoms with Gasteiger partial charge in [-0.2, -0.15) is 0 Å². The molecule has 3 rings (SSSR count). The smallest absolute Gasteiger partial charge is 0.339 e. The highest BCUT2D eigenvalue weighted by Gasteiger charge is 2.24. The number of para-hydroxylation sites is 2. The van der Waals surface area contributed by atoms with Crippen molar-refractivity contribution in [3.63, 3.8) is 0 Å². The summed E-state index contributed by atoms with van der Waals surface area (Å²) in [4.78, 5) is 25.1. The molecule has 0 aliphatic heterocycles. The Morgan fingerprint density at radius 3 is 2.10 bits per heavy atom. The van der Waals surface area contributed by atoms with Gasteiger partial charge in [-0.1, -0.05) is 54.6 Å². The molecule has 0 aliphatic carbocycles. The van der Waals surface area contributed by atoms with Crippen LogP contribution in [0.2, 0.25) is 0 Å². The minimum atomic E-state index is -3.69. The van der Waals surface area contributed by atoms with Gasteiger partial charge in [-0.05, 0) is 29.8 Å². The van der Waals surface area contributed by atoms with E-state index in [2.05, 4.69) is 5.32 Å². The first kappa shape index (κ1) is 22.0. The number of sulfonamides is 1. The first-order valence-corrected chi connectivity index (χ1v) is 11.3. The molecule has 31 heavy (non-hydrogen) atoms. The molecule has 0 atom stereocenters. The van der Waals surface area contributed by atoms with Crippen molar-refractivity contribution in [3.8, 4) is 0 Å². The molecule has 0 radical (unpaired) electrons. The number of ether oxygens (including phenoxy) is 1. The summed E-state index contributed by atoms with van der Waals surface area (Å²) >= 11 is 0. The van der Waals surface area contributed by atoms with Crippen LogP contribution in [0.25, 0.3) is 0 Å². The van der Waals surface area contributed by atoms with E-state index in [1.54, 1.807) is 36.4 Å². The van der Waals surface area contributed by atoms with Crippen LogP contribution in [0.15, 0.2) is 78.9 Å². The number of carbonyl (C=O) groups excluding carboxylic acids is 2. The van der Waals surface area contributed by atoms with Crippen LogP contribution in [0.5, 0.6) is 0 Å². The Labute approximate surface area is 181 Å². The van der Waals surface area contributed by atoms with Gasteiger partial charge in [-0.3, -0.25) is 9.10 Å². The first-order valence-electron chi connectivity index (χ1n) is 9.40. The van der Waals surface area contributed by atoms with E-state index in [0.29, 0.717) is 0 Å². The van der Waals surface area contributed by atoms with E-state index in [4.69, 9.17) is 4.74 Å². The Morgan fingerprint density at radius 2 is 1.45 bits per heavy atom. The van der Waals surface area contributed by atoms with Gasteiger partial charge in [-0.15, -0.1) is 0 Å². The molecule has 0 saturated heterocycles. The second kappa shape index (κ2) is 9.44. The Hall–Kier alpha value is -3.65. The highest BCUT2D eigenvalue weighted by atomic mass is 32.2. The molecule has 7 nitrogen and oxygen atoms in total. The van der Waals surface area contributed by atoms with Crippen molar-refractivity contribution in [2.45, 2.75) is 6.54 Å². The number of carbonyl (C=O) groups is 2. The summed E-state index contributed by atoms with van der Waals surface area (Å²) in [6.45, 7) is 0.0721.